The summed E-state index contributed by atoms with van der Waals surface area (Å²) < 4.78 is 21.6. The molecule has 0 bridgehead atoms. The van der Waals surface area contributed by atoms with Crippen LogP contribution in [0.2, 0.25) is 10.0 Å². The average molecular weight is 474 g/mol. The highest BCUT2D eigenvalue weighted by atomic mass is 127. The van der Waals surface area contributed by atoms with Gasteiger partial charge < -0.3 is 5.11 Å². The molecule has 0 amide bonds. The Balaban J connectivity index is 3.26. The largest absolute Gasteiger partial charge is 0.385 e. The Morgan fingerprint density at radius 2 is 2.00 bits per heavy atom. The molecule has 8 heteroatoms. The van der Waals surface area contributed by atoms with Crippen LogP contribution in [0, 0.1) is 0 Å². The van der Waals surface area contributed by atoms with Crippen molar-refractivity contribution in [3.05, 3.63) is 33.8 Å². The molecule has 0 unspecified atom stereocenters. The minimum Gasteiger partial charge on any atom is -0.385 e. The van der Waals surface area contributed by atoms with Gasteiger partial charge in [-0.3, -0.25) is 0 Å². The fourth-order valence-electron chi connectivity index (χ4n) is 1.11. The molecule has 96 valence electrons. The Bertz CT molecular complexity index is 533. The van der Waals surface area contributed by atoms with Crippen molar-refractivity contribution < 1.29 is 13.5 Å². The second-order valence-corrected chi connectivity index (χ2v) is 12.1. The van der Waals surface area contributed by atoms with Crippen molar-refractivity contribution in [2.75, 3.05) is 6.26 Å². The predicted molar refractivity (Wildman–Crippen MR) is 81.9 cm³/mol. The summed E-state index contributed by atoms with van der Waals surface area (Å²) in [6.07, 6.45) is -0.274. The smallest absolute Gasteiger partial charge is 0.206 e. The van der Waals surface area contributed by atoms with Crippen molar-refractivity contribution in [1.29, 1.82) is 0 Å². The van der Waals surface area contributed by atoms with E-state index in [2.05, 4.69) is 15.9 Å². The second kappa shape index (κ2) is 5.50. The van der Waals surface area contributed by atoms with E-state index in [1.165, 1.54) is 18.2 Å². The van der Waals surface area contributed by atoms with Gasteiger partial charge in [-0.2, -0.15) is 0 Å². The molecular weight excluding hydrogens is 466 g/mol. The summed E-state index contributed by atoms with van der Waals surface area (Å²) in [4.78, 5) is 0. The molecule has 0 fully saturated rings. The number of hydrogen-bond donors (Lipinski definition) is 1. The number of benzene rings is 1. The molecular formula is C9H8BrCl2IO3S. The zero-order valence-electron chi connectivity index (χ0n) is 8.49. The molecule has 0 aliphatic heterocycles. The van der Waals surface area contributed by atoms with Crippen LogP contribution in [0.25, 0.3) is 0 Å². The van der Waals surface area contributed by atoms with Crippen molar-refractivity contribution in [3.8, 4) is 0 Å². The Morgan fingerprint density at radius 3 is 2.41 bits per heavy atom. The minimum atomic E-state index is -3.51. The van der Waals surface area contributed by atoms with Gasteiger partial charge in [-0.1, -0.05) is 45.2 Å². The van der Waals surface area contributed by atoms with E-state index >= 15 is 0 Å². The molecule has 0 aliphatic carbocycles. The van der Waals surface area contributed by atoms with E-state index in [9.17, 15) is 13.5 Å². The van der Waals surface area contributed by atoms with E-state index in [-0.39, 0.29) is 5.02 Å². The molecule has 3 nitrogen and oxygen atoms in total. The van der Waals surface area contributed by atoms with Crippen LogP contribution < -0.4 is 0 Å². The molecule has 0 spiro atoms. The van der Waals surface area contributed by atoms with Gasteiger partial charge in [0.2, 0.25) is 1.66 Å². The van der Waals surface area contributed by atoms with Crippen molar-refractivity contribution in [3.63, 3.8) is 0 Å². The number of aliphatic hydroxyl groups is 1. The quantitative estimate of drug-likeness (QED) is 0.539. The normalized spacial score (nSPS) is 17.5. The van der Waals surface area contributed by atoms with E-state index in [0.29, 0.717) is 10.6 Å². The van der Waals surface area contributed by atoms with Gasteiger partial charge in [0.05, 0.1) is 0 Å². The lowest BCUT2D eigenvalue weighted by Gasteiger charge is -2.25. The number of sulfone groups is 1. The molecule has 0 heterocycles. The third kappa shape index (κ3) is 3.48. The van der Waals surface area contributed by atoms with Gasteiger partial charge in [-0.05, 0) is 34.7 Å². The van der Waals surface area contributed by atoms with Gasteiger partial charge >= 0.3 is 0 Å². The van der Waals surface area contributed by atoms with E-state index in [1.807, 2.05) is 0 Å². The lowest BCUT2D eigenvalue weighted by Crippen LogP contribution is -2.31. The molecule has 2 atom stereocenters. The predicted octanol–water partition coefficient (Wildman–Crippen LogP) is 3.56. The summed E-state index contributed by atoms with van der Waals surface area (Å²) in [7, 11) is -3.51. The number of rotatable bonds is 3. The maximum atomic E-state index is 11.6. The molecule has 0 aliphatic rings. The first-order valence-electron chi connectivity index (χ1n) is 4.28. The third-order valence-electron chi connectivity index (χ3n) is 2.07. The van der Waals surface area contributed by atoms with Crippen molar-refractivity contribution in [2.45, 2.75) is 7.77 Å². The van der Waals surface area contributed by atoms with Gasteiger partial charge in [0.15, 0.2) is 9.84 Å². The minimum absolute atomic E-state index is 0.217. The highest BCUT2D eigenvalue weighted by molar-refractivity contribution is 14.1. The first kappa shape index (κ1) is 16.0. The molecule has 0 saturated carbocycles. The fourth-order valence-corrected chi connectivity index (χ4v) is 2.73. The number of alkyl halides is 2. The average Bonchev–Trinajstić information content (AvgIpc) is 2.14. The van der Waals surface area contributed by atoms with Gasteiger partial charge in [-0.25, -0.2) is 8.42 Å². The Hall–Kier alpha value is 0.920. The summed E-state index contributed by atoms with van der Waals surface area (Å²) in [6.45, 7) is 0. The third-order valence-corrected chi connectivity index (χ3v) is 9.03. The Morgan fingerprint density at radius 1 is 1.47 bits per heavy atom. The molecule has 1 N–H and O–H groups in total. The summed E-state index contributed by atoms with van der Waals surface area (Å²) in [5.41, 5.74) is 0.299. The second-order valence-electron chi connectivity index (χ2n) is 3.40. The molecule has 17 heavy (non-hydrogen) atoms. The summed E-state index contributed by atoms with van der Waals surface area (Å²) in [5.74, 6) is 0. The van der Waals surface area contributed by atoms with Crippen LogP contribution in [0.3, 0.4) is 0 Å². The number of halogens is 4. The van der Waals surface area contributed by atoms with Gasteiger partial charge in [-0.15, -0.1) is 0 Å². The van der Waals surface area contributed by atoms with Crippen LogP contribution in [-0.2, 0) is 9.84 Å². The summed E-state index contributed by atoms with van der Waals surface area (Å²) in [6, 6.07) is 4.48. The Labute approximate surface area is 132 Å². The van der Waals surface area contributed by atoms with E-state index in [0.717, 1.165) is 6.26 Å². The first-order chi connectivity index (χ1) is 7.57. The first-order valence-corrected chi connectivity index (χ1v) is 8.79. The van der Waals surface area contributed by atoms with Crippen LogP contribution in [0.15, 0.2) is 18.2 Å². The summed E-state index contributed by atoms with van der Waals surface area (Å²) >= 11 is 16.3. The van der Waals surface area contributed by atoms with Crippen LogP contribution in [0.1, 0.15) is 11.7 Å². The lowest BCUT2D eigenvalue weighted by atomic mass is 10.1. The standard InChI is InChI=1S/C9H8BrCl2IO3S/c1-17(15,16)9(10,13)8(14)6-3-2-5(11)4-7(6)12/h2-4,8,14H,1H3/t8-,9-/m1/s1. The van der Waals surface area contributed by atoms with E-state index in [1.54, 1.807) is 22.6 Å². The van der Waals surface area contributed by atoms with Crippen molar-refractivity contribution in [2.24, 2.45) is 0 Å². The van der Waals surface area contributed by atoms with Crippen molar-refractivity contribution in [1.82, 2.24) is 0 Å². The topological polar surface area (TPSA) is 54.4 Å². The number of aliphatic hydroxyl groups excluding tert-OH is 1. The van der Waals surface area contributed by atoms with Crippen molar-refractivity contribution >= 4 is 71.6 Å². The maximum Gasteiger partial charge on any atom is 0.206 e. The van der Waals surface area contributed by atoms with E-state index < -0.39 is 17.6 Å². The molecule has 0 saturated heterocycles. The lowest BCUT2D eigenvalue weighted by molar-refractivity contribution is 0.191. The monoisotopic (exact) mass is 472 g/mol. The fraction of sp³-hybridized carbons (Fsp3) is 0.333. The SMILES string of the molecule is CS(=O)(=O)[C@](Br)(I)[C@H](O)c1ccc(Cl)cc1Cl. The Kier molecular flexibility index (Phi) is 5.17. The highest BCUT2D eigenvalue weighted by Crippen LogP contribution is 2.46. The zero-order chi connectivity index (χ0) is 13.4. The van der Waals surface area contributed by atoms with Crippen LogP contribution in [-0.4, -0.2) is 21.4 Å². The van der Waals surface area contributed by atoms with Gasteiger partial charge in [0.1, 0.15) is 6.10 Å². The molecule has 0 aromatic heterocycles. The number of hydrogen-bond acceptors (Lipinski definition) is 3. The highest BCUT2D eigenvalue weighted by Gasteiger charge is 2.44. The van der Waals surface area contributed by atoms with Crippen LogP contribution >= 0.6 is 61.7 Å². The van der Waals surface area contributed by atoms with E-state index in [4.69, 9.17) is 23.2 Å². The molecule has 1 aromatic carbocycles. The van der Waals surface area contributed by atoms with Gasteiger partial charge in [0.25, 0.3) is 0 Å². The molecule has 1 rings (SSSR count). The molecule has 0 radical (unpaired) electrons. The molecule has 1 aromatic rings. The van der Waals surface area contributed by atoms with Gasteiger partial charge in [0, 0.05) is 21.9 Å². The maximum absolute atomic E-state index is 11.6. The zero-order valence-corrected chi connectivity index (χ0v) is 14.6. The van der Waals surface area contributed by atoms with Crippen LogP contribution in [0.4, 0.5) is 0 Å². The summed E-state index contributed by atoms with van der Waals surface area (Å²) in [5, 5.41) is 10.7. The van der Waals surface area contributed by atoms with Crippen LogP contribution in [0.5, 0.6) is 0 Å².